The zero-order valence-electron chi connectivity index (χ0n) is 24.4. The fraction of sp³-hybridized carbons (Fsp3) is 0.750. The largest absolute Gasteiger partial charge is 0.344 e. The van der Waals surface area contributed by atoms with Gasteiger partial charge in [0.05, 0.1) is 12.5 Å². The number of carbonyl (C=O) groups excluding carboxylic acids is 4. The number of hydroxylamine groups is 2. The summed E-state index contributed by atoms with van der Waals surface area (Å²) in [4.78, 5) is 54.6. The highest BCUT2D eigenvalue weighted by Gasteiger charge is 2.39. The number of amides is 4. The number of hydrogen-bond acceptors (Lipinski definition) is 6. The van der Waals surface area contributed by atoms with Gasteiger partial charge in [-0.3, -0.25) is 29.1 Å². The molecule has 11 heteroatoms. The van der Waals surface area contributed by atoms with Gasteiger partial charge in [-0.05, 0) is 43.6 Å². The van der Waals surface area contributed by atoms with Crippen molar-refractivity contribution in [2.24, 2.45) is 24.3 Å². The molecule has 2 heterocycles. The second-order valence-corrected chi connectivity index (χ2v) is 12.4. The first-order chi connectivity index (χ1) is 18.3. The average Bonchev–Trinajstić information content (AvgIpc) is 3.53. The van der Waals surface area contributed by atoms with E-state index >= 15 is 0 Å². The molecule has 0 unspecified atom stereocenters. The number of nitrogens with zero attached hydrogens (tertiary/aromatic N) is 5. The van der Waals surface area contributed by atoms with Gasteiger partial charge >= 0.3 is 0 Å². The Kier molecular flexibility index (Phi) is 10.1. The van der Waals surface area contributed by atoms with Crippen LogP contribution in [-0.2, 0) is 21.4 Å². The smallest absolute Gasteiger partial charge is 0.274 e. The highest BCUT2D eigenvalue weighted by Crippen LogP contribution is 2.31. The first-order valence-corrected chi connectivity index (χ1v) is 14.1. The van der Waals surface area contributed by atoms with Crippen LogP contribution in [-0.4, -0.2) is 92.7 Å². The summed E-state index contributed by atoms with van der Waals surface area (Å²) in [7, 11) is 3.57. The topological polar surface area (TPSA) is 128 Å². The van der Waals surface area contributed by atoms with Crippen molar-refractivity contribution in [3.05, 3.63) is 17.5 Å². The fourth-order valence-corrected chi connectivity index (χ4v) is 5.76. The summed E-state index contributed by atoms with van der Waals surface area (Å²) in [6, 6.07) is 0.942. The van der Waals surface area contributed by atoms with Gasteiger partial charge in [0, 0.05) is 38.9 Å². The summed E-state index contributed by atoms with van der Waals surface area (Å²) >= 11 is 0. The quantitative estimate of drug-likeness (QED) is 0.263. The predicted octanol–water partition coefficient (Wildman–Crippen LogP) is 2.37. The highest BCUT2D eigenvalue weighted by molar-refractivity contribution is 5.92. The number of carbonyl (C=O) groups is 4. The summed E-state index contributed by atoms with van der Waals surface area (Å²) < 4.78 is 1.68. The number of rotatable bonds is 10. The van der Waals surface area contributed by atoms with Crippen molar-refractivity contribution in [3.8, 4) is 0 Å². The van der Waals surface area contributed by atoms with Gasteiger partial charge in [0.15, 0.2) is 5.69 Å². The van der Waals surface area contributed by atoms with Crippen LogP contribution in [0.25, 0.3) is 0 Å². The van der Waals surface area contributed by atoms with Crippen LogP contribution in [0, 0.1) is 24.2 Å². The Labute approximate surface area is 231 Å². The monoisotopic (exact) mass is 546 g/mol. The molecule has 0 spiro atoms. The molecule has 11 nitrogen and oxygen atoms in total. The van der Waals surface area contributed by atoms with E-state index in [4.69, 9.17) is 0 Å². The molecule has 3 rings (SSSR count). The fourth-order valence-electron chi connectivity index (χ4n) is 5.76. The summed E-state index contributed by atoms with van der Waals surface area (Å²) in [6.45, 7) is 8.57. The number of aryl methyl sites for hydroxylation is 2. The molecule has 1 aromatic rings. The van der Waals surface area contributed by atoms with Gasteiger partial charge in [0.1, 0.15) is 6.04 Å². The first-order valence-electron chi connectivity index (χ1n) is 14.1. The van der Waals surface area contributed by atoms with Crippen LogP contribution >= 0.6 is 0 Å². The first kappa shape index (κ1) is 30.6. The third-order valence-electron chi connectivity index (χ3n) is 8.37. The Balaban J connectivity index is 1.64. The number of piperidine rings is 1. The molecule has 1 aliphatic carbocycles. The van der Waals surface area contributed by atoms with Crippen molar-refractivity contribution >= 4 is 24.1 Å². The van der Waals surface area contributed by atoms with Crippen molar-refractivity contribution in [1.29, 1.82) is 0 Å². The minimum atomic E-state index is -0.777. The van der Waals surface area contributed by atoms with Crippen molar-refractivity contribution in [2.45, 2.75) is 84.7 Å². The predicted molar refractivity (Wildman–Crippen MR) is 146 cm³/mol. The second-order valence-electron chi connectivity index (χ2n) is 12.4. The highest BCUT2D eigenvalue weighted by atomic mass is 16.5. The lowest BCUT2D eigenvalue weighted by Gasteiger charge is -2.40. The van der Waals surface area contributed by atoms with E-state index in [2.05, 4.69) is 10.4 Å². The molecule has 4 amide bonds. The van der Waals surface area contributed by atoms with E-state index in [1.807, 2.05) is 34.7 Å². The van der Waals surface area contributed by atoms with Gasteiger partial charge in [-0.1, -0.05) is 46.5 Å². The summed E-state index contributed by atoms with van der Waals surface area (Å²) in [5.74, 6) is -0.842. The lowest BCUT2D eigenvalue weighted by Crippen LogP contribution is -2.58. The van der Waals surface area contributed by atoms with Crippen LogP contribution in [0.2, 0.25) is 0 Å². The molecule has 1 aromatic heterocycles. The lowest BCUT2D eigenvalue weighted by molar-refractivity contribution is -0.156. The van der Waals surface area contributed by atoms with E-state index in [1.165, 1.54) is 0 Å². The van der Waals surface area contributed by atoms with E-state index in [1.54, 1.807) is 27.6 Å². The molecule has 1 saturated heterocycles. The molecular weight excluding hydrogens is 500 g/mol. The average molecular weight is 547 g/mol. The Bertz CT molecular complexity index is 1000. The van der Waals surface area contributed by atoms with E-state index in [-0.39, 0.29) is 30.3 Å². The van der Waals surface area contributed by atoms with Gasteiger partial charge in [-0.25, -0.2) is 5.06 Å². The molecular formula is C28H46N6O5. The number of aromatic nitrogens is 2. The molecule has 2 atom stereocenters. The molecule has 0 radical (unpaired) electrons. The van der Waals surface area contributed by atoms with Crippen LogP contribution in [0.5, 0.6) is 0 Å². The zero-order chi connectivity index (χ0) is 28.9. The summed E-state index contributed by atoms with van der Waals surface area (Å²) in [5.41, 5.74) is 0.782. The number of hydrogen-bond donors (Lipinski definition) is 2. The Morgan fingerprint density at radius 2 is 1.79 bits per heavy atom. The van der Waals surface area contributed by atoms with Crippen molar-refractivity contribution < 1.29 is 24.4 Å². The van der Waals surface area contributed by atoms with E-state index in [0.29, 0.717) is 55.4 Å². The molecule has 1 saturated carbocycles. The van der Waals surface area contributed by atoms with Crippen molar-refractivity contribution in [2.75, 3.05) is 26.7 Å². The molecule has 2 aliphatic rings. The van der Waals surface area contributed by atoms with Crippen molar-refractivity contribution in [1.82, 2.24) is 30.0 Å². The summed E-state index contributed by atoms with van der Waals surface area (Å²) in [6.07, 6.45) is 6.44. The molecule has 39 heavy (non-hydrogen) atoms. The van der Waals surface area contributed by atoms with E-state index < -0.39 is 17.4 Å². The number of likely N-dealkylation sites (N-methyl/N-ethyl adjacent to an activating group) is 1. The van der Waals surface area contributed by atoms with Gasteiger partial charge in [-0.2, -0.15) is 5.10 Å². The second kappa shape index (κ2) is 12.9. The molecule has 1 aliphatic heterocycles. The van der Waals surface area contributed by atoms with Crippen LogP contribution in [0.3, 0.4) is 0 Å². The maximum atomic E-state index is 13.7. The number of likely N-dealkylation sites (tertiary alicyclic amines) is 1. The SMILES string of the molecule is Cc1cc(C(=O)N2CCC(N(C)C(=O)[C@@H](NC(=O)[C@H](CC3CCCC3)CN(O)C=O)C(C)(C)C)CC2)nn1C. The molecule has 0 aromatic carbocycles. The van der Waals surface area contributed by atoms with Gasteiger partial charge in [0.25, 0.3) is 5.91 Å². The molecule has 218 valence electrons. The standard InChI is InChI=1S/C28H46N6O5/c1-19-15-23(30-32(19)6)26(37)33-13-11-22(12-14-33)31(5)27(38)24(28(2,3)4)29-25(36)21(17-34(39)18-35)16-20-9-7-8-10-20/h15,18,20-22,24,39H,7-14,16-17H2,1-6H3,(H,29,36)/t21-,24-/m1/s1. The van der Waals surface area contributed by atoms with Crippen LogP contribution in [0.1, 0.15) is 81.9 Å². The maximum absolute atomic E-state index is 13.7. The third-order valence-corrected chi connectivity index (χ3v) is 8.37. The minimum Gasteiger partial charge on any atom is -0.344 e. The third kappa shape index (κ3) is 7.80. The Morgan fingerprint density at radius 1 is 1.18 bits per heavy atom. The van der Waals surface area contributed by atoms with Gasteiger partial charge in [0.2, 0.25) is 18.2 Å². The molecule has 2 N–H and O–H groups in total. The maximum Gasteiger partial charge on any atom is 0.274 e. The molecule has 2 fully saturated rings. The van der Waals surface area contributed by atoms with Crippen LogP contribution in [0.15, 0.2) is 6.07 Å². The molecule has 0 bridgehead atoms. The minimum absolute atomic E-state index is 0.0638. The zero-order valence-corrected chi connectivity index (χ0v) is 24.4. The van der Waals surface area contributed by atoms with E-state index in [0.717, 1.165) is 31.4 Å². The normalized spacial score (nSPS) is 18.5. The van der Waals surface area contributed by atoms with E-state index in [9.17, 15) is 24.4 Å². The Hall–Kier alpha value is -2.95. The van der Waals surface area contributed by atoms with Crippen molar-refractivity contribution in [3.63, 3.8) is 0 Å². The Morgan fingerprint density at radius 3 is 2.31 bits per heavy atom. The number of nitrogens with one attached hydrogen (secondary N) is 1. The van der Waals surface area contributed by atoms with Crippen LogP contribution in [0.4, 0.5) is 0 Å². The lowest BCUT2D eigenvalue weighted by atomic mass is 9.84. The van der Waals surface area contributed by atoms with Crippen LogP contribution < -0.4 is 5.32 Å². The summed E-state index contributed by atoms with van der Waals surface area (Å²) in [5, 5.41) is 17.6. The van der Waals surface area contributed by atoms with Gasteiger partial charge in [-0.15, -0.1) is 0 Å². The van der Waals surface area contributed by atoms with Gasteiger partial charge < -0.3 is 15.1 Å².